The summed E-state index contributed by atoms with van der Waals surface area (Å²) in [6.07, 6.45) is 6.90. The van der Waals surface area contributed by atoms with E-state index in [0.29, 0.717) is 12.1 Å². The molecule has 100 valence electrons. The fourth-order valence-corrected chi connectivity index (χ4v) is 2.61. The van der Waals surface area contributed by atoms with Crippen LogP contribution in [0.4, 0.5) is 5.82 Å². The van der Waals surface area contributed by atoms with Crippen molar-refractivity contribution < 1.29 is 0 Å². The molecule has 1 aromatic heterocycles. The van der Waals surface area contributed by atoms with Crippen molar-refractivity contribution in [3.8, 4) is 0 Å². The number of aromatic nitrogens is 1. The molecule has 0 spiro atoms. The molecule has 0 radical (unpaired) electrons. The summed E-state index contributed by atoms with van der Waals surface area (Å²) >= 11 is 0. The monoisotopic (exact) mass is 247 g/mol. The van der Waals surface area contributed by atoms with Crippen molar-refractivity contribution in [3.63, 3.8) is 0 Å². The highest BCUT2D eigenvalue weighted by molar-refractivity contribution is 5.46. The summed E-state index contributed by atoms with van der Waals surface area (Å²) in [6, 6.07) is 5.29. The molecule has 0 unspecified atom stereocenters. The molecule has 0 bridgehead atoms. The highest BCUT2D eigenvalue weighted by atomic mass is 15.1. The van der Waals surface area contributed by atoms with Crippen molar-refractivity contribution >= 4 is 5.82 Å². The Morgan fingerprint density at radius 3 is 3.06 bits per heavy atom. The zero-order valence-corrected chi connectivity index (χ0v) is 11.8. The normalized spacial score (nSPS) is 22.7. The van der Waals surface area contributed by atoms with Gasteiger partial charge in [-0.25, -0.2) is 4.98 Å². The predicted molar refractivity (Wildman–Crippen MR) is 76.8 cm³/mol. The van der Waals surface area contributed by atoms with Gasteiger partial charge in [0.25, 0.3) is 0 Å². The molecule has 2 rings (SSSR count). The lowest BCUT2D eigenvalue weighted by Gasteiger charge is -2.34. The van der Waals surface area contributed by atoms with Gasteiger partial charge in [0.15, 0.2) is 0 Å². The van der Waals surface area contributed by atoms with Crippen molar-refractivity contribution in [1.82, 2.24) is 9.88 Å². The lowest BCUT2D eigenvalue weighted by molar-refractivity contribution is 0.187. The quantitative estimate of drug-likeness (QED) is 0.883. The molecule has 2 heterocycles. The summed E-state index contributed by atoms with van der Waals surface area (Å²) in [7, 11) is 2.23. The lowest BCUT2D eigenvalue weighted by atomic mass is 9.96. The number of pyridine rings is 1. The molecule has 1 N–H and O–H groups in total. The molecular weight excluding hydrogens is 222 g/mol. The third kappa shape index (κ3) is 3.02. The van der Waals surface area contributed by atoms with Gasteiger partial charge >= 0.3 is 0 Å². The van der Waals surface area contributed by atoms with Crippen molar-refractivity contribution in [2.24, 2.45) is 0 Å². The molecule has 1 saturated heterocycles. The van der Waals surface area contributed by atoms with Crippen LogP contribution in [-0.2, 0) is 0 Å². The van der Waals surface area contributed by atoms with Gasteiger partial charge in [-0.15, -0.1) is 0 Å². The number of hydrogen-bond donors (Lipinski definition) is 1. The molecule has 0 aliphatic carbocycles. The Kier molecular flexibility index (Phi) is 4.59. The van der Waals surface area contributed by atoms with E-state index in [1.165, 1.54) is 31.4 Å². The Bertz CT molecular complexity index is 378. The van der Waals surface area contributed by atoms with Crippen LogP contribution in [0.2, 0.25) is 0 Å². The largest absolute Gasteiger partial charge is 0.367 e. The second-order valence-electron chi connectivity index (χ2n) is 5.39. The van der Waals surface area contributed by atoms with Crippen molar-refractivity contribution in [2.75, 3.05) is 18.9 Å². The Morgan fingerprint density at radius 2 is 2.33 bits per heavy atom. The lowest BCUT2D eigenvalue weighted by Crippen LogP contribution is -2.30. The van der Waals surface area contributed by atoms with E-state index in [1.54, 1.807) is 0 Å². The number of hydrogen-bond acceptors (Lipinski definition) is 3. The van der Waals surface area contributed by atoms with Crippen LogP contribution in [-0.4, -0.2) is 29.5 Å². The first-order valence-corrected chi connectivity index (χ1v) is 7.14. The second kappa shape index (κ2) is 6.19. The minimum absolute atomic E-state index is 0.479. The SMILES string of the molecule is CC[C@H](C)Nc1ncccc1[C@@H]1CCCCN1C. The van der Waals surface area contributed by atoms with E-state index in [9.17, 15) is 0 Å². The predicted octanol–water partition coefficient (Wildman–Crippen LogP) is 3.45. The Labute approximate surface area is 111 Å². The second-order valence-corrected chi connectivity index (χ2v) is 5.39. The number of piperidine rings is 1. The molecule has 0 aromatic carbocycles. The zero-order chi connectivity index (χ0) is 13.0. The van der Waals surface area contributed by atoms with Crippen LogP contribution in [0.25, 0.3) is 0 Å². The highest BCUT2D eigenvalue weighted by Crippen LogP contribution is 2.33. The maximum atomic E-state index is 4.54. The van der Waals surface area contributed by atoms with Crippen LogP contribution in [0.3, 0.4) is 0 Å². The van der Waals surface area contributed by atoms with Crippen LogP contribution in [0.5, 0.6) is 0 Å². The first kappa shape index (κ1) is 13.3. The van der Waals surface area contributed by atoms with Crippen LogP contribution in [0, 0.1) is 0 Å². The average Bonchev–Trinajstić information content (AvgIpc) is 2.40. The van der Waals surface area contributed by atoms with Crippen molar-refractivity contribution in [1.29, 1.82) is 0 Å². The molecular formula is C15H25N3. The molecule has 1 aromatic rings. The smallest absolute Gasteiger partial charge is 0.130 e. The summed E-state index contributed by atoms with van der Waals surface area (Å²) in [5.41, 5.74) is 1.36. The van der Waals surface area contributed by atoms with E-state index in [1.807, 2.05) is 6.20 Å². The molecule has 1 aliphatic heterocycles. The Hall–Kier alpha value is -1.09. The minimum atomic E-state index is 0.479. The van der Waals surface area contributed by atoms with Crippen molar-refractivity contribution in [2.45, 2.75) is 51.6 Å². The van der Waals surface area contributed by atoms with Gasteiger partial charge in [0.2, 0.25) is 0 Å². The molecule has 3 heteroatoms. The van der Waals surface area contributed by atoms with Gasteiger partial charge < -0.3 is 5.32 Å². The fourth-order valence-electron chi connectivity index (χ4n) is 2.61. The van der Waals surface area contributed by atoms with E-state index in [-0.39, 0.29) is 0 Å². The van der Waals surface area contributed by atoms with E-state index in [0.717, 1.165) is 12.2 Å². The topological polar surface area (TPSA) is 28.2 Å². The number of rotatable bonds is 4. The van der Waals surface area contributed by atoms with E-state index in [4.69, 9.17) is 0 Å². The minimum Gasteiger partial charge on any atom is -0.367 e. The molecule has 0 saturated carbocycles. The average molecular weight is 247 g/mol. The zero-order valence-electron chi connectivity index (χ0n) is 11.8. The van der Waals surface area contributed by atoms with E-state index < -0.39 is 0 Å². The van der Waals surface area contributed by atoms with E-state index >= 15 is 0 Å². The van der Waals surface area contributed by atoms with Crippen LogP contribution >= 0.6 is 0 Å². The molecule has 0 amide bonds. The molecule has 3 nitrogen and oxygen atoms in total. The number of nitrogens with one attached hydrogen (secondary N) is 1. The van der Waals surface area contributed by atoms with Gasteiger partial charge in [0.1, 0.15) is 5.82 Å². The number of nitrogens with zero attached hydrogens (tertiary/aromatic N) is 2. The first-order chi connectivity index (χ1) is 8.72. The van der Waals surface area contributed by atoms with Gasteiger partial charge in [-0.05, 0) is 45.8 Å². The Balaban J connectivity index is 2.20. The van der Waals surface area contributed by atoms with Gasteiger partial charge in [0.05, 0.1) is 0 Å². The van der Waals surface area contributed by atoms with Crippen LogP contribution < -0.4 is 5.32 Å². The van der Waals surface area contributed by atoms with Crippen LogP contribution in [0.1, 0.15) is 51.1 Å². The van der Waals surface area contributed by atoms with Gasteiger partial charge in [0, 0.05) is 23.8 Å². The molecule has 2 atom stereocenters. The van der Waals surface area contributed by atoms with Gasteiger partial charge in [-0.3, -0.25) is 4.90 Å². The molecule has 1 fully saturated rings. The fraction of sp³-hybridized carbons (Fsp3) is 0.667. The first-order valence-electron chi connectivity index (χ1n) is 7.14. The van der Waals surface area contributed by atoms with Gasteiger partial charge in [-0.1, -0.05) is 19.4 Å². The molecule has 18 heavy (non-hydrogen) atoms. The van der Waals surface area contributed by atoms with Gasteiger partial charge in [-0.2, -0.15) is 0 Å². The van der Waals surface area contributed by atoms with E-state index in [2.05, 4.69) is 48.2 Å². The summed E-state index contributed by atoms with van der Waals surface area (Å²) in [4.78, 5) is 7.00. The van der Waals surface area contributed by atoms with Crippen molar-refractivity contribution in [3.05, 3.63) is 23.9 Å². The standard InChI is InChI=1S/C15H25N3/c1-4-12(2)17-15-13(8-7-10-16-15)14-9-5-6-11-18(14)3/h7-8,10,12,14H,4-6,9,11H2,1-3H3,(H,16,17)/t12-,14-/m0/s1. The Morgan fingerprint density at radius 1 is 1.50 bits per heavy atom. The highest BCUT2D eigenvalue weighted by Gasteiger charge is 2.23. The summed E-state index contributed by atoms with van der Waals surface area (Å²) in [6.45, 7) is 5.61. The maximum absolute atomic E-state index is 4.54. The summed E-state index contributed by atoms with van der Waals surface area (Å²) in [5.74, 6) is 1.07. The van der Waals surface area contributed by atoms with Crippen LogP contribution in [0.15, 0.2) is 18.3 Å². The molecule has 1 aliphatic rings. The summed E-state index contributed by atoms with van der Waals surface area (Å²) in [5, 5.41) is 3.54. The maximum Gasteiger partial charge on any atom is 0.130 e. The third-order valence-corrected chi connectivity index (χ3v) is 3.96. The number of anilines is 1. The summed E-state index contributed by atoms with van der Waals surface area (Å²) < 4.78 is 0. The number of likely N-dealkylation sites (tertiary alicyclic amines) is 1. The third-order valence-electron chi connectivity index (χ3n) is 3.96.